The number of Topliss-reactive ketones (excluding diaryl/α,β-unsaturated/α-hetero) is 1. The number of hydrogen-bond acceptors (Lipinski definition) is 3. The van der Waals surface area contributed by atoms with E-state index in [4.69, 9.17) is 11.0 Å². The van der Waals surface area contributed by atoms with Crippen LogP contribution in [-0.4, -0.2) is 11.8 Å². The lowest BCUT2D eigenvalue weighted by atomic mass is 9.96. The molecule has 0 bridgehead atoms. The Balaban J connectivity index is 2.67. The van der Waals surface area contributed by atoms with E-state index in [0.717, 1.165) is 5.56 Å². The summed E-state index contributed by atoms with van der Waals surface area (Å²) in [6, 6.07) is 8.75. The number of hydrogen-bond donors (Lipinski definition) is 1. The van der Waals surface area contributed by atoms with Crippen LogP contribution in [0, 0.1) is 17.2 Å². The average Bonchev–Trinajstić information content (AvgIpc) is 2.28. The van der Waals surface area contributed by atoms with Crippen molar-refractivity contribution in [3.05, 3.63) is 35.4 Å². The van der Waals surface area contributed by atoms with Gasteiger partial charge >= 0.3 is 0 Å². The predicted molar refractivity (Wildman–Crippen MR) is 62.7 cm³/mol. The van der Waals surface area contributed by atoms with Crippen LogP contribution < -0.4 is 5.73 Å². The second-order valence-electron chi connectivity index (χ2n) is 4.18. The summed E-state index contributed by atoms with van der Waals surface area (Å²) in [5.74, 6) is 0.0396. The Kier molecular flexibility index (Phi) is 4.21. The largest absolute Gasteiger partial charge is 0.321 e. The molecule has 0 aromatic heterocycles. The lowest BCUT2D eigenvalue weighted by Crippen LogP contribution is -2.35. The molecule has 3 heteroatoms. The zero-order valence-electron chi connectivity index (χ0n) is 9.60. The third kappa shape index (κ3) is 3.18. The Morgan fingerprint density at radius 1 is 1.38 bits per heavy atom. The van der Waals surface area contributed by atoms with Gasteiger partial charge in [0.05, 0.1) is 17.7 Å². The molecule has 1 atom stereocenters. The van der Waals surface area contributed by atoms with Crippen molar-refractivity contribution < 1.29 is 4.79 Å². The fourth-order valence-corrected chi connectivity index (χ4v) is 1.50. The minimum absolute atomic E-state index is 0.0339. The predicted octanol–water partition coefficient (Wildman–Crippen LogP) is 1.65. The van der Waals surface area contributed by atoms with Crippen molar-refractivity contribution in [2.45, 2.75) is 26.3 Å². The second kappa shape index (κ2) is 5.43. The summed E-state index contributed by atoms with van der Waals surface area (Å²) in [5.41, 5.74) is 7.41. The van der Waals surface area contributed by atoms with E-state index in [2.05, 4.69) is 6.07 Å². The normalized spacial score (nSPS) is 12.2. The highest BCUT2D eigenvalue weighted by Gasteiger charge is 2.16. The van der Waals surface area contributed by atoms with Crippen LogP contribution in [0.2, 0.25) is 0 Å². The van der Waals surface area contributed by atoms with E-state index in [1.165, 1.54) is 0 Å². The van der Waals surface area contributed by atoms with Crippen LogP contribution in [0.4, 0.5) is 0 Å². The molecule has 84 valence electrons. The maximum Gasteiger partial charge on any atom is 0.152 e. The summed E-state index contributed by atoms with van der Waals surface area (Å²) in [5, 5.41) is 8.64. The van der Waals surface area contributed by atoms with Gasteiger partial charge < -0.3 is 5.73 Å². The Morgan fingerprint density at radius 3 is 2.38 bits per heavy atom. The highest BCUT2D eigenvalue weighted by Crippen LogP contribution is 2.08. The molecule has 0 aliphatic carbocycles. The summed E-state index contributed by atoms with van der Waals surface area (Å²) in [6.07, 6.45) is 0.530. The van der Waals surface area contributed by atoms with Crippen molar-refractivity contribution >= 4 is 5.78 Å². The highest BCUT2D eigenvalue weighted by molar-refractivity contribution is 5.85. The molecule has 0 spiro atoms. The van der Waals surface area contributed by atoms with Gasteiger partial charge in [-0.1, -0.05) is 26.0 Å². The summed E-state index contributed by atoms with van der Waals surface area (Å²) in [4.78, 5) is 11.6. The molecule has 0 aliphatic rings. The molecule has 0 saturated carbocycles. The molecule has 1 aromatic carbocycles. The molecule has 16 heavy (non-hydrogen) atoms. The summed E-state index contributed by atoms with van der Waals surface area (Å²) in [7, 11) is 0. The maximum atomic E-state index is 11.6. The molecule has 0 aliphatic heterocycles. The minimum atomic E-state index is -0.451. The van der Waals surface area contributed by atoms with Crippen LogP contribution in [0.5, 0.6) is 0 Å². The minimum Gasteiger partial charge on any atom is -0.321 e. The summed E-state index contributed by atoms with van der Waals surface area (Å²) < 4.78 is 0. The van der Waals surface area contributed by atoms with Crippen molar-refractivity contribution in [1.82, 2.24) is 0 Å². The molecule has 3 nitrogen and oxygen atoms in total. The van der Waals surface area contributed by atoms with Crippen LogP contribution in [0.25, 0.3) is 0 Å². The topological polar surface area (TPSA) is 66.9 Å². The number of ketones is 1. The van der Waals surface area contributed by atoms with Crippen molar-refractivity contribution in [2.24, 2.45) is 11.7 Å². The molecular formula is C13H16N2O. The number of nitrogens with zero attached hydrogens (tertiary/aromatic N) is 1. The number of rotatable bonds is 4. The Bertz CT molecular complexity index is 401. The first-order valence-corrected chi connectivity index (χ1v) is 5.33. The smallest absolute Gasteiger partial charge is 0.152 e. The molecule has 2 N–H and O–H groups in total. The number of benzene rings is 1. The molecule has 0 amide bonds. The van der Waals surface area contributed by atoms with E-state index in [1.54, 1.807) is 12.1 Å². The van der Waals surface area contributed by atoms with Gasteiger partial charge in [-0.15, -0.1) is 0 Å². The molecule has 1 aromatic rings. The number of nitrogens with two attached hydrogens (primary N) is 1. The van der Waals surface area contributed by atoms with Crippen LogP contribution >= 0.6 is 0 Å². The zero-order chi connectivity index (χ0) is 12.1. The number of nitriles is 1. The molecule has 0 saturated heterocycles. The van der Waals surface area contributed by atoms with Crippen LogP contribution in [0.15, 0.2) is 24.3 Å². The van der Waals surface area contributed by atoms with Gasteiger partial charge in [0.2, 0.25) is 0 Å². The molecular weight excluding hydrogens is 200 g/mol. The van der Waals surface area contributed by atoms with E-state index < -0.39 is 6.04 Å². The Hall–Kier alpha value is -1.66. The van der Waals surface area contributed by atoms with E-state index >= 15 is 0 Å². The standard InChI is InChI=1S/C13H16N2O/c1-9(2)13(16)12(15)7-10-3-5-11(8-14)6-4-10/h3-6,9,12H,7,15H2,1-2H3/t12-/m0/s1. The number of carbonyl (C=O) groups excluding carboxylic acids is 1. The van der Waals surface area contributed by atoms with Crippen LogP contribution in [0.3, 0.4) is 0 Å². The van der Waals surface area contributed by atoms with Gasteiger partial charge in [-0.2, -0.15) is 5.26 Å². The van der Waals surface area contributed by atoms with Gasteiger partial charge in [-0.3, -0.25) is 4.79 Å². The lowest BCUT2D eigenvalue weighted by molar-refractivity contribution is -0.123. The van der Waals surface area contributed by atoms with Crippen LogP contribution in [0.1, 0.15) is 25.0 Å². The second-order valence-corrected chi connectivity index (χ2v) is 4.18. The van der Waals surface area contributed by atoms with Gasteiger partial charge in [-0.05, 0) is 24.1 Å². The first-order chi connectivity index (χ1) is 7.54. The summed E-state index contributed by atoms with van der Waals surface area (Å²) in [6.45, 7) is 3.70. The van der Waals surface area contributed by atoms with E-state index in [0.29, 0.717) is 12.0 Å². The van der Waals surface area contributed by atoms with Crippen molar-refractivity contribution in [1.29, 1.82) is 5.26 Å². The third-order valence-corrected chi connectivity index (χ3v) is 2.47. The van der Waals surface area contributed by atoms with Crippen molar-refractivity contribution in [2.75, 3.05) is 0 Å². The zero-order valence-corrected chi connectivity index (χ0v) is 9.60. The highest BCUT2D eigenvalue weighted by atomic mass is 16.1. The van der Waals surface area contributed by atoms with Crippen molar-refractivity contribution in [3.63, 3.8) is 0 Å². The molecule has 0 fully saturated rings. The van der Waals surface area contributed by atoms with Crippen LogP contribution in [-0.2, 0) is 11.2 Å². The summed E-state index contributed by atoms with van der Waals surface area (Å²) >= 11 is 0. The van der Waals surface area contributed by atoms with Gasteiger partial charge in [-0.25, -0.2) is 0 Å². The third-order valence-electron chi connectivity index (χ3n) is 2.47. The van der Waals surface area contributed by atoms with E-state index in [-0.39, 0.29) is 11.7 Å². The molecule has 0 heterocycles. The molecule has 0 unspecified atom stereocenters. The molecule has 0 radical (unpaired) electrons. The first-order valence-electron chi connectivity index (χ1n) is 5.33. The fraction of sp³-hybridized carbons (Fsp3) is 0.385. The lowest BCUT2D eigenvalue weighted by Gasteiger charge is -2.12. The van der Waals surface area contributed by atoms with Gasteiger partial charge in [0.25, 0.3) is 0 Å². The average molecular weight is 216 g/mol. The van der Waals surface area contributed by atoms with E-state index in [9.17, 15) is 4.79 Å². The Labute approximate surface area is 95.9 Å². The molecule has 1 rings (SSSR count). The SMILES string of the molecule is CC(C)C(=O)[C@@H](N)Cc1ccc(C#N)cc1. The number of carbonyl (C=O) groups is 1. The fourth-order valence-electron chi connectivity index (χ4n) is 1.50. The maximum absolute atomic E-state index is 11.6. The van der Waals surface area contributed by atoms with Crippen molar-refractivity contribution in [3.8, 4) is 6.07 Å². The monoisotopic (exact) mass is 216 g/mol. The Morgan fingerprint density at radius 2 is 1.94 bits per heavy atom. The van der Waals surface area contributed by atoms with Gasteiger partial charge in [0.1, 0.15) is 0 Å². The van der Waals surface area contributed by atoms with Gasteiger partial charge in [0.15, 0.2) is 5.78 Å². The quantitative estimate of drug-likeness (QED) is 0.832. The van der Waals surface area contributed by atoms with Gasteiger partial charge in [0, 0.05) is 5.92 Å². The first kappa shape index (κ1) is 12.4. The van der Waals surface area contributed by atoms with E-state index in [1.807, 2.05) is 26.0 Å².